The minimum Gasteiger partial charge on any atom is -0.338 e. The number of hydrogen-bond acceptors (Lipinski definition) is 4. The van der Waals surface area contributed by atoms with Gasteiger partial charge in [-0.25, -0.2) is 0 Å². The normalized spacial score (nSPS) is 16.6. The Morgan fingerprint density at radius 2 is 1.96 bits per heavy atom. The number of benzene rings is 2. The van der Waals surface area contributed by atoms with Crippen molar-refractivity contribution in [1.82, 2.24) is 4.98 Å². The molecule has 2 aromatic carbocycles. The summed E-state index contributed by atoms with van der Waals surface area (Å²) in [5, 5.41) is 12.7. The van der Waals surface area contributed by atoms with Crippen LogP contribution < -0.4 is 4.90 Å². The van der Waals surface area contributed by atoms with Crippen molar-refractivity contribution in [2.45, 2.75) is 19.4 Å². The Labute approximate surface area is 133 Å². The molecule has 0 saturated heterocycles. The second kappa shape index (κ2) is 5.05. The SMILES string of the molecule is CC1Cc2ccccc2N1c1ccc([N+](=O)[O-])c2cnccc12. The molecular formula is C18H15N3O2. The van der Waals surface area contributed by atoms with E-state index in [2.05, 4.69) is 28.9 Å². The van der Waals surface area contributed by atoms with E-state index in [4.69, 9.17) is 0 Å². The number of anilines is 2. The van der Waals surface area contributed by atoms with Crippen molar-refractivity contribution in [2.75, 3.05) is 4.90 Å². The molecule has 4 rings (SSSR count). The van der Waals surface area contributed by atoms with Crippen molar-refractivity contribution in [1.29, 1.82) is 0 Å². The summed E-state index contributed by atoms with van der Waals surface area (Å²) < 4.78 is 0. The molecule has 0 N–H and O–H groups in total. The van der Waals surface area contributed by atoms with Crippen LogP contribution in [0.4, 0.5) is 17.1 Å². The number of para-hydroxylation sites is 1. The molecule has 1 aliphatic heterocycles. The van der Waals surface area contributed by atoms with E-state index in [1.54, 1.807) is 18.5 Å². The molecule has 23 heavy (non-hydrogen) atoms. The number of nitro benzene ring substituents is 1. The van der Waals surface area contributed by atoms with Crippen LogP contribution in [0.25, 0.3) is 10.8 Å². The van der Waals surface area contributed by atoms with E-state index in [0.29, 0.717) is 11.4 Å². The Morgan fingerprint density at radius 3 is 2.78 bits per heavy atom. The maximum Gasteiger partial charge on any atom is 0.278 e. The van der Waals surface area contributed by atoms with Crippen molar-refractivity contribution in [3.05, 3.63) is 70.5 Å². The van der Waals surface area contributed by atoms with Crippen LogP contribution in [0.3, 0.4) is 0 Å². The quantitative estimate of drug-likeness (QED) is 0.525. The third-order valence-electron chi connectivity index (χ3n) is 4.44. The van der Waals surface area contributed by atoms with Crippen LogP contribution in [0.5, 0.6) is 0 Å². The maximum absolute atomic E-state index is 11.3. The molecule has 0 aliphatic carbocycles. The zero-order chi connectivity index (χ0) is 16.0. The Hall–Kier alpha value is -2.95. The summed E-state index contributed by atoms with van der Waals surface area (Å²) in [5.41, 5.74) is 3.56. The number of fused-ring (bicyclic) bond motifs is 2. The molecule has 0 spiro atoms. The first-order valence-electron chi connectivity index (χ1n) is 7.55. The van der Waals surface area contributed by atoms with Crippen LogP contribution in [0.1, 0.15) is 12.5 Å². The fourth-order valence-electron chi connectivity index (χ4n) is 3.46. The predicted molar refractivity (Wildman–Crippen MR) is 90.1 cm³/mol. The van der Waals surface area contributed by atoms with E-state index in [-0.39, 0.29) is 10.6 Å². The summed E-state index contributed by atoms with van der Waals surface area (Å²) in [5.74, 6) is 0. The molecule has 1 aliphatic rings. The molecule has 0 saturated carbocycles. The Morgan fingerprint density at radius 1 is 1.13 bits per heavy atom. The van der Waals surface area contributed by atoms with Gasteiger partial charge in [0.2, 0.25) is 0 Å². The van der Waals surface area contributed by atoms with Crippen LogP contribution >= 0.6 is 0 Å². The summed E-state index contributed by atoms with van der Waals surface area (Å²) in [6, 6.07) is 13.9. The number of nitrogens with zero attached hydrogens (tertiary/aromatic N) is 3. The fourth-order valence-corrected chi connectivity index (χ4v) is 3.46. The molecule has 1 atom stereocenters. The molecule has 5 heteroatoms. The number of hydrogen-bond donors (Lipinski definition) is 0. The van der Waals surface area contributed by atoms with E-state index >= 15 is 0 Å². The zero-order valence-electron chi connectivity index (χ0n) is 12.6. The minimum absolute atomic E-state index is 0.0944. The first-order chi connectivity index (χ1) is 11.2. The molecule has 114 valence electrons. The third kappa shape index (κ3) is 2.04. The van der Waals surface area contributed by atoms with Gasteiger partial charge in [-0.3, -0.25) is 15.1 Å². The lowest BCUT2D eigenvalue weighted by atomic mass is 10.1. The molecular weight excluding hydrogens is 290 g/mol. The maximum atomic E-state index is 11.3. The average Bonchev–Trinajstić information content (AvgIpc) is 2.89. The van der Waals surface area contributed by atoms with Gasteiger partial charge in [-0.05, 0) is 37.1 Å². The van der Waals surface area contributed by atoms with E-state index in [1.807, 2.05) is 24.3 Å². The Bertz CT molecular complexity index is 923. The molecule has 1 aromatic heterocycles. The van der Waals surface area contributed by atoms with Crippen molar-refractivity contribution >= 4 is 27.8 Å². The van der Waals surface area contributed by atoms with Crippen molar-refractivity contribution in [2.24, 2.45) is 0 Å². The average molecular weight is 305 g/mol. The second-order valence-corrected chi connectivity index (χ2v) is 5.83. The van der Waals surface area contributed by atoms with Gasteiger partial charge in [0, 0.05) is 41.3 Å². The highest BCUT2D eigenvalue weighted by Crippen LogP contribution is 2.42. The third-order valence-corrected chi connectivity index (χ3v) is 4.44. The topological polar surface area (TPSA) is 59.3 Å². The van der Waals surface area contributed by atoms with Crippen LogP contribution in [0, 0.1) is 10.1 Å². The molecule has 0 fully saturated rings. The zero-order valence-corrected chi connectivity index (χ0v) is 12.6. The van der Waals surface area contributed by atoms with Gasteiger partial charge in [0.05, 0.1) is 10.3 Å². The Kier molecular flexibility index (Phi) is 3.01. The molecule has 3 aromatic rings. The van der Waals surface area contributed by atoms with Gasteiger partial charge < -0.3 is 4.90 Å². The number of aromatic nitrogens is 1. The van der Waals surface area contributed by atoms with Crippen LogP contribution in [-0.2, 0) is 6.42 Å². The molecule has 0 amide bonds. The van der Waals surface area contributed by atoms with Gasteiger partial charge in [-0.1, -0.05) is 18.2 Å². The van der Waals surface area contributed by atoms with Crippen LogP contribution in [-0.4, -0.2) is 15.9 Å². The number of non-ortho nitro benzene ring substituents is 1. The predicted octanol–water partition coefficient (Wildman–Crippen LogP) is 4.23. The van der Waals surface area contributed by atoms with Gasteiger partial charge in [-0.2, -0.15) is 0 Å². The highest BCUT2D eigenvalue weighted by molar-refractivity contribution is 6.01. The molecule has 5 nitrogen and oxygen atoms in total. The monoisotopic (exact) mass is 305 g/mol. The lowest BCUT2D eigenvalue weighted by molar-refractivity contribution is -0.383. The lowest BCUT2D eigenvalue weighted by Crippen LogP contribution is -2.24. The second-order valence-electron chi connectivity index (χ2n) is 5.83. The summed E-state index contributed by atoms with van der Waals surface area (Å²) in [4.78, 5) is 17.3. The molecule has 0 radical (unpaired) electrons. The summed E-state index contributed by atoms with van der Waals surface area (Å²) >= 11 is 0. The fraction of sp³-hybridized carbons (Fsp3) is 0.167. The molecule has 2 heterocycles. The van der Waals surface area contributed by atoms with Crippen molar-refractivity contribution in [3.63, 3.8) is 0 Å². The van der Waals surface area contributed by atoms with Crippen molar-refractivity contribution in [3.8, 4) is 0 Å². The standard InChI is InChI=1S/C18H15N3O2/c1-12-10-13-4-2-3-5-16(13)20(12)17-6-7-18(21(22)23)15-11-19-9-8-14(15)17/h2-9,11-12H,10H2,1H3. The largest absolute Gasteiger partial charge is 0.338 e. The van der Waals surface area contributed by atoms with E-state index < -0.39 is 0 Å². The molecule has 1 unspecified atom stereocenters. The smallest absolute Gasteiger partial charge is 0.278 e. The number of pyridine rings is 1. The van der Waals surface area contributed by atoms with Gasteiger partial charge in [0.25, 0.3) is 5.69 Å². The van der Waals surface area contributed by atoms with Gasteiger partial charge in [0.1, 0.15) is 0 Å². The van der Waals surface area contributed by atoms with Crippen molar-refractivity contribution < 1.29 is 4.92 Å². The van der Waals surface area contributed by atoms with Crippen LogP contribution in [0.15, 0.2) is 54.9 Å². The highest BCUT2D eigenvalue weighted by Gasteiger charge is 2.29. The van der Waals surface area contributed by atoms with E-state index in [1.165, 1.54) is 11.3 Å². The Balaban J connectivity index is 1.97. The lowest BCUT2D eigenvalue weighted by Gasteiger charge is -2.26. The first-order valence-corrected chi connectivity index (χ1v) is 7.55. The summed E-state index contributed by atoms with van der Waals surface area (Å²) in [6.07, 6.45) is 4.23. The van der Waals surface area contributed by atoms with E-state index in [0.717, 1.165) is 17.5 Å². The van der Waals surface area contributed by atoms with Gasteiger partial charge >= 0.3 is 0 Å². The highest BCUT2D eigenvalue weighted by atomic mass is 16.6. The van der Waals surface area contributed by atoms with Gasteiger partial charge in [-0.15, -0.1) is 0 Å². The molecule has 0 bridgehead atoms. The number of nitro groups is 1. The van der Waals surface area contributed by atoms with E-state index in [9.17, 15) is 10.1 Å². The van der Waals surface area contributed by atoms with Gasteiger partial charge in [0.15, 0.2) is 0 Å². The summed E-state index contributed by atoms with van der Waals surface area (Å²) in [7, 11) is 0. The number of rotatable bonds is 2. The summed E-state index contributed by atoms with van der Waals surface area (Å²) in [6.45, 7) is 2.18. The first kappa shape index (κ1) is 13.7. The minimum atomic E-state index is -0.352. The van der Waals surface area contributed by atoms with Crippen LogP contribution in [0.2, 0.25) is 0 Å².